The summed E-state index contributed by atoms with van der Waals surface area (Å²) in [5.74, 6) is 2.13. The number of esters is 1. The molecule has 0 bridgehead atoms. The number of carbonyl (C=O) groups is 1. The van der Waals surface area contributed by atoms with Gasteiger partial charge in [-0.2, -0.15) is 0 Å². The molecule has 1 unspecified atom stereocenters. The molecule has 1 saturated heterocycles. The summed E-state index contributed by atoms with van der Waals surface area (Å²) in [6.07, 6.45) is 8.10. The Morgan fingerprint density at radius 2 is 1.81 bits per heavy atom. The third kappa shape index (κ3) is 2.79. The van der Waals surface area contributed by atoms with Crippen molar-refractivity contribution in [3.63, 3.8) is 0 Å². The molecule has 5 aliphatic rings. The predicted molar refractivity (Wildman–Crippen MR) is 98.7 cm³/mol. The molecule has 0 amide bonds. The van der Waals surface area contributed by atoms with E-state index < -0.39 is 0 Å². The van der Waals surface area contributed by atoms with E-state index in [0.717, 1.165) is 51.4 Å². The fourth-order valence-electron chi connectivity index (χ4n) is 7.95. The van der Waals surface area contributed by atoms with Crippen LogP contribution in [0.1, 0.15) is 65.2 Å². The third-order valence-electron chi connectivity index (χ3n) is 9.00. The highest BCUT2D eigenvalue weighted by Crippen LogP contribution is 2.63. The van der Waals surface area contributed by atoms with E-state index in [-0.39, 0.29) is 29.4 Å². The summed E-state index contributed by atoms with van der Waals surface area (Å²) in [6, 6.07) is 0. The minimum atomic E-state index is -0.356. The second kappa shape index (κ2) is 6.43. The first-order chi connectivity index (χ1) is 12.9. The summed E-state index contributed by atoms with van der Waals surface area (Å²) in [4.78, 5) is 11.6. The van der Waals surface area contributed by atoms with Gasteiger partial charge in [0.05, 0.1) is 19.3 Å². The predicted octanol–water partition coefficient (Wildman–Crippen LogP) is 3.28. The van der Waals surface area contributed by atoms with Crippen molar-refractivity contribution in [2.75, 3.05) is 13.2 Å². The van der Waals surface area contributed by atoms with Crippen LogP contribution < -0.4 is 0 Å². The summed E-state index contributed by atoms with van der Waals surface area (Å²) in [5.41, 5.74) is 0.0359. The standard InChI is InChI=1S/C22H34O5/c1-13(23)27-19-4-3-17-20-16(5-7-21(17,19)2)15-6-8-22(25-9-10-26-22)12-14(15)11-18(20)24/h14-20,24H,3-12H2,1-2H3/t14?,15-,16+,17-,18+,19-,20+,21-/m0/s1. The molecule has 0 radical (unpaired) electrons. The molecule has 27 heavy (non-hydrogen) atoms. The van der Waals surface area contributed by atoms with Crippen molar-refractivity contribution in [1.82, 2.24) is 0 Å². The number of rotatable bonds is 1. The average molecular weight is 379 g/mol. The Hall–Kier alpha value is -0.650. The van der Waals surface area contributed by atoms with Gasteiger partial charge in [0.1, 0.15) is 6.10 Å². The third-order valence-corrected chi connectivity index (χ3v) is 9.00. The highest BCUT2D eigenvalue weighted by Gasteiger charge is 2.61. The Morgan fingerprint density at radius 1 is 1.07 bits per heavy atom. The number of fused-ring (bicyclic) bond motifs is 5. The van der Waals surface area contributed by atoms with Crippen molar-refractivity contribution in [2.45, 2.75) is 83.2 Å². The van der Waals surface area contributed by atoms with Crippen LogP contribution in [0.3, 0.4) is 0 Å². The molecular formula is C22H34O5. The van der Waals surface area contributed by atoms with Crippen molar-refractivity contribution in [1.29, 1.82) is 0 Å². The lowest BCUT2D eigenvalue weighted by atomic mass is 9.49. The van der Waals surface area contributed by atoms with E-state index in [1.54, 1.807) is 0 Å². The molecule has 8 atom stereocenters. The van der Waals surface area contributed by atoms with Gasteiger partial charge in [0, 0.05) is 25.2 Å². The average Bonchev–Trinajstić information content (AvgIpc) is 3.19. The lowest BCUT2D eigenvalue weighted by Gasteiger charge is -2.58. The zero-order valence-electron chi connectivity index (χ0n) is 16.7. The Bertz CT molecular complexity index is 600. The summed E-state index contributed by atoms with van der Waals surface area (Å²) < 4.78 is 17.7. The second-order valence-corrected chi connectivity index (χ2v) is 10.1. The van der Waals surface area contributed by atoms with Crippen LogP contribution in [0.25, 0.3) is 0 Å². The maximum atomic E-state index is 11.6. The van der Waals surface area contributed by atoms with E-state index in [2.05, 4.69) is 6.92 Å². The molecule has 4 aliphatic carbocycles. The molecule has 1 spiro atoms. The molecule has 0 aromatic heterocycles. The van der Waals surface area contributed by atoms with E-state index >= 15 is 0 Å². The van der Waals surface area contributed by atoms with Crippen molar-refractivity contribution in [3.8, 4) is 0 Å². The minimum absolute atomic E-state index is 0.0285. The number of hydrogen-bond donors (Lipinski definition) is 1. The van der Waals surface area contributed by atoms with Crippen molar-refractivity contribution in [3.05, 3.63) is 0 Å². The molecule has 152 valence electrons. The first-order valence-corrected chi connectivity index (χ1v) is 11.1. The largest absolute Gasteiger partial charge is 0.462 e. The van der Waals surface area contributed by atoms with E-state index in [9.17, 15) is 9.90 Å². The molecule has 1 aliphatic heterocycles. The molecule has 0 aromatic rings. The zero-order valence-corrected chi connectivity index (χ0v) is 16.7. The topological polar surface area (TPSA) is 65.0 Å². The Balaban J connectivity index is 1.36. The van der Waals surface area contributed by atoms with Crippen LogP contribution in [-0.2, 0) is 19.0 Å². The van der Waals surface area contributed by atoms with E-state index in [1.807, 2.05) is 0 Å². The Morgan fingerprint density at radius 3 is 2.56 bits per heavy atom. The van der Waals surface area contributed by atoms with Crippen molar-refractivity contribution >= 4 is 5.97 Å². The molecule has 1 N–H and O–H groups in total. The number of aliphatic hydroxyl groups is 1. The van der Waals surface area contributed by atoms with Gasteiger partial charge in [-0.05, 0) is 68.1 Å². The Kier molecular flexibility index (Phi) is 4.38. The second-order valence-electron chi connectivity index (χ2n) is 10.1. The molecule has 1 heterocycles. The van der Waals surface area contributed by atoms with Gasteiger partial charge in [0.2, 0.25) is 0 Å². The number of hydrogen-bond acceptors (Lipinski definition) is 5. The summed E-state index contributed by atoms with van der Waals surface area (Å²) in [6.45, 7) is 5.25. The summed E-state index contributed by atoms with van der Waals surface area (Å²) in [5, 5.41) is 11.2. The minimum Gasteiger partial charge on any atom is -0.462 e. The number of carbonyl (C=O) groups excluding carboxylic acids is 1. The van der Waals surface area contributed by atoms with Gasteiger partial charge in [0.25, 0.3) is 0 Å². The lowest BCUT2D eigenvalue weighted by molar-refractivity contribution is -0.220. The maximum absolute atomic E-state index is 11.6. The van der Waals surface area contributed by atoms with Crippen LogP contribution in [0.5, 0.6) is 0 Å². The summed E-state index contributed by atoms with van der Waals surface area (Å²) in [7, 11) is 0. The van der Waals surface area contributed by atoms with Gasteiger partial charge < -0.3 is 19.3 Å². The van der Waals surface area contributed by atoms with Crippen LogP contribution in [0, 0.1) is 35.0 Å². The van der Waals surface area contributed by atoms with Gasteiger partial charge in [-0.25, -0.2) is 0 Å². The van der Waals surface area contributed by atoms with Gasteiger partial charge in [-0.1, -0.05) is 6.92 Å². The van der Waals surface area contributed by atoms with Crippen LogP contribution in [0.2, 0.25) is 0 Å². The molecule has 0 aromatic carbocycles. The van der Waals surface area contributed by atoms with Crippen molar-refractivity contribution < 1.29 is 24.1 Å². The van der Waals surface area contributed by atoms with E-state index in [0.29, 0.717) is 42.8 Å². The normalized spacial score (nSPS) is 50.7. The highest BCUT2D eigenvalue weighted by atomic mass is 16.7. The van der Waals surface area contributed by atoms with Gasteiger partial charge >= 0.3 is 5.97 Å². The molecule has 5 fully saturated rings. The van der Waals surface area contributed by atoms with Gasteiger partial charge in [-0.3, -0.25) is 4.79 Å². The zero-order chi connectivity index (χ0) is 18.8. The smallest absolute Gasteiger partial charge is 0.302 e. The van der Waals surface area contributed by atoms with Gasteiger partial charge in [0.15, 0.2) is 5.79 Å². The van der Waals surface area contributed by atoms with Crippen LogP contribution in [0.4, 0.5) is 0 Å². The van der Waals surface area contributed by atoms with Crippen LogP contribution >= 0.6 is 0 Å². The SMILES string of the molecule is CC(=O)O[C@H]1CC[C@H]2[C@H]3[C@H](CC[C@]12C)[C@H]1CCC2(CC1C[C@H]3O)OCCO2. The molecule has 5 heteroatoms. The quantitative estimate of drug-likeness (QED) is 0.710. The van der Waals surface area contributed by atoms with E-state index in [1.165, 1.54) is 6.92 Å². The lowest BCUT2D eigenvalue weighted by Crippen LogP contribution is -2.56. The number of ether oxygens (including phenoxy) is 3. The fourth-order valence-corrected chi connectivity index (χ4v) is 7.95. The van der Waals surface area contributed by atoms with Crippen LogP contribution in [0.15, 0.2) is 0 Å². The van der Waals surface area contributed by atoms with Crippen molar-refractivity contribution in [2.24, 2.45) is 35.0 Å². The molecule has 4 saturated carbocycles. The van der Waals surface area contributed by atoms with Gasteiger partial charge in [-0.15, -0.1) is 0 Å². The maximum Gasteiger partial charge on any atom is 0.302 e. The first-order valence-electron chi connectivity index (χ1n) is 11.1. The Labute approximate surface area is 162 Å². The molecule has 5 rings (SSSR count). The number of aliphatic hydroxyl groups excluding tert-OH is 1. The van der Waals surface area contributed by atoms with Crippen LogP contribution in [-0.4, -0.2) is 42.3 Å². The monoisotopic (exact) mass is 378 g/mol. The molecular weight excluding hydrogens is 344 g/mol. The van der Waals surface area contributed by atoms with E-state index in [4.69, 9.17) is 14.2 Å². The molecule has 5 nitrogen and oxygen atoms in total. The fraction of sp³-hybridized carbons (Fsp3) is 0.955. The summed E-state index contributed by atoms with van der Waals surface area (Å²) >= 11 is 0. The highest BCUT2D eigenvalue weighted by molar-refractivity contribution is 5.66. The first kappa shape index (κ1) is 18.4.